The van der Waals surface area contributed by atoms with Crippen LogP contribution in [-0.4, -0.2) is 39.3 Å². The van der Waals surface area contributed by atoms with Gasteiger partial charge in [0.25, 0.3) is 0 Å². The molecule has 0 aliphatic carbocycles. The number of esters is 1. The van der Waals surface area contributed by atoms with Crippen molar-refractivity contribution in [3.05, 3.63) is 53.1 Å². The first-order chi connectivity index (χ1) is 15.0. The second-order valence-corrected chi connectivity index (χ2v) is 8.76. The van der Waals surface area contributed by atoms with E-state index in [9.17, 15) is 9.59 Å². The van der Waals surface area contributed by atoms with E-state index >= 15 is 0 Å². The third-order valence-corrected chi connectivity index (χ3v) is 6.58. The fraction of sp³-hybridized carbons (Fsp3) is 0.391. The van der Waals surface area contributed by atoms with Crippen LogP contribution < -0.4 is 5.32 Å². The lowest BCUT2D eigenvalue weighted by atomic mass is 9.86. The molecule has 1 heterocycles. The van der Waals surface area contributed by atoms with Gasteiger partial charge in [0.15, 0.2) is 0 Å². The maximum atomic E-state index is 12.0. The Morgan fingerprint density at radius 1 is 1.10 bits per heavy atom. The van der Waals surface area contributed by atoms with Crippen molar-refractivity contribution in [3.8, 4) is 0 Å². The summed E-state index contributed by atoms with van der Waals surface area (Å²) in [6.45, 7) is 1.38. The first-order valence-electron chi connectivity index (χ1n) is 10.0. The molecule has 0 saturated carbocycles. The van der Waals surface area contributed by atoms with Crippen LogP contribution in [0.15, 0.2) is 52.3 Å². The van der Waals surface area contributed by atoms with Gasteiger partial charge in [-0.2, -0.15) is 0 Å². The number of benzene rings is 2. The predicted octanol–water partition coefficient (Wildman–Crippen LogP) is 5.04. The van der Waals surface area contributed by atoms with Crippen LogP contribution in [0.5, 0.6) is 0 Å². The Morgan fingerprint density at radius 3 is 2.52 bits per heavy atom. The summed E-state index contributed by atoms with van der Waals surface area (Å²) < 4.78 is 16.0. The SMILES string of the molecule is COC(=O)CCC(=O)Nc1ccc(Sc2cccc(C3(OC)CCOCC3)c2)cc1Cl. The topological polar surface area (TPSA) is 73.9 Å². The first kappa shape index (κ1) is 23.6. The number of nitrogens with one attached hydrogen (secondary N) is 1. The van der Waals surface area contributed by atoms with Gasteiger partial charge in [0, 0.05) is 49.4 Å². The van der Waals surface area contributed by atoms with Crippen molar-refractivity contribution in [2.24, 2.45) is 0 Å². The van der Waals surface area contributed by atoms with Gasteiger partial charge in [0.2, 0.25) is 5.91 Å². The van der Waals surface area contributed by atoms with Crippen LogP contribution in [-0.2, 0) is 29.4 Å². The molecular weight excluding hydrogens is 438 g/mol. The van der Waals surface area contributed by atoms with E-state index in [4.69, 9.17) is 21.1 Å². The minimum atomic E-state index is -0.425. The first-order valence-corrected chi connectivity index (χ1v) is 11.2. The number of rotatable bonds is 8. The van der Waals surface area contributed by atoms with Gasteiger partial charge in [0.05, 0.1) is 29.8 Å². The Hall–Kier alpha value is -2.06. The smallest absolute Gasteiger partial charge is 0.306 e. The highest BCUT2D eigenvalue weighted by molar-refractivity contribution is 7.99. The third-order valence-electron chi connectivity index (χ3n) is 5.29. The Kier molecular flexibility index (Phi) is 8.37. The summed E-state index contributed by atoms with van der Waals surface area (Å²) in [5.74, 6) is -0.715. The standard InChI is InChI=1S/C23H26ClNO5S/c1-28-22(27)9-8-21(26)25-20-7-6-18(15-19(20)24)31-17-5-3-4-16(14-17)23(29-2)10-12-30-13-11-23/h3-7,14-15H,8-13H2,1-2H3,(H,25,26). The van der Waals surface area contributed by atoms with Crippen molar-refractivity contribution in [3.63, 3.8) is 0 Å². The highest BCUT2D eigenvalue weighted by atomic mass is 35.5. The highest BCUT2D eigenvalue weighted by Gasteiger charge is 2.34. The summed E-state index contributed by atoms with van der Waals surface area (Å²) in [4.78, 5) is 25.2. The number of ether oxygens (including phenoxy) is 3. The Balaban J connectivity index is 1.67. The van der Waals surface area contributed by atoms with Gasteiger partial charge in [-0.05, 0) is 35.9 Å². The zero-order chi connectivity index (χ0) is 22.3. The Bertz CT molecular complexity index is 930. The molecule has 1 aliphatic rings. The molecule has 0 atom stereocenters. The number of anilines is 1. The summed E-state index contributed by atoms with van der Waals surface area (Å²) in [6, 6.07) is 13.8. The largest absolute Gasteiger partial charge is 0.469 e. The molecule has 8 heteroatoms. The van der Waals surface area contributed by atoms with Crippen LogP contribution in [0.3, 0.4) is 0 Å². The molecule has 1 saturated heterocycles. The molecule has 1 fully saturated rings. The zero-order valence-corrected chi connectivity index (χ0v) is 19.2. The number of halogens is 1. The van der Waals surface area contributed by atoms with E-state index in [1.165, 1.54) is 7.11 Å². The van der Waals surface area contributed by atoms with Gasteiger partial charge < -0.3 is 19.5 Å². The van der Waals surface area contributed by atoms with Crippen LogP contribution in [0.1, 0.15) is 31.2 Å². The van der Waals surface area contributed by atoms with Crippen molar-refractivity contribution >= 4 is 40.9 Å². The number of methoxy groups -OCH3 is 2. The quantitative estimate of drug-likeness (QED) is 0.553. The van der Waals surface area contributed by atoms with Gasteiger partial charge in [-0.3, -0.25) is 9.59 Å². The van der Waals surface area contributed by atoms with E-state index in [1.54, 1.807) is 24.9 Å². The lowest BCUT2D eigenvalue weighted by Gasteiger charge is -2.36. The lowest BCUT2D eigenvalue weighted by Crippen LogP contribution is -2.35. The van der Waals surface area contributed by atoms with Crippen LogP contribution in [0.2, 0.25) is 5.02 Å². The number of hydrogen-bond acceptors (Lipinski definition) is 6. The average molecular weight is 464 g/mol. The van der Waals surface area contributed by atoms with Crippen LogP contribution in [0, 0.1) is 0 Å². The maximum Gasteiger partial charge on any atom is 0.306 e. The van der Waals surface area contributed by atoms with Gasteiger partial charge in [0.1, 0.15) is 0 Å². The molecule has 0 aromatic heterocycles. The van der Waals surface area contributed by atoms with Gasteiger partial charge >= 0.3 is 5.97 Å². The zero-order valence-electron chi connectivity index (χ0n) is 17.6. The molecule has 1 amide bonds. The van der Waals surface area contributed by atoms with Crippen LogP contribution >= 0.6 is 23.4 Å². The predicted molar refractivity (Wildman–Crippen MR) is 121 cm³/mol. The third kappa shape index (κ3) is 6.23. The van der Waals surface area contributed by atoms with E-state index in [0.717, 1.165) is 28.2 Å². The van der Waals surface area contributed by atoms with Crippen molar-refractivity contribution in [1.82, 2.24) is 0 Å². The summed E-state index contributed by atoms with van der Waals surface area (Å²) in [5, 5.41) is 3.16. The van der Waals surface area contributed by atoms with Crippen LogP contribution in [0.25, 0.3) is 0 Å². The molecular formula is C23H26ClNO5S. The number of carbonyl (C=O) groups excluding carboxylic acids is 2. The maximum absolute atomic E-state index is 12.0. The normalized spacial score (nSPS) is 15.3. The molecule has 0 bridgehead atoms. The molecule has 2 aromatic carbocycles. The molecule has 2 aromatic rings. The Morgan fingerprint density at radius 2 is 1.84 bits per heavy atom. The summed E-state index contributed by atoms with van der Waals surface area (Å²) in [7, 11) is 3.05. The van der Waals surface area contributed by atoms with Crippen molar-refractivity contribution in [2.75, 3.05) is 32.8 Å². The molecule has 0 radical (unpaired) electrons. The number of hydrogen-bond donors (Lipinski definition) is 1. The van der Waals surface area contributed by atoms with E-state index in [-0.39, 0.29) is 24.3 Å². The molecule has 1 aliphatic heterocycles. The van der Waals surface area contributed by atoms with Gasteiger partial charge in [-0.25, -0.2) is 0 Å². The minimum absolute atomic E-state index is 0.0271. The van der Waals surface area contributed by atoms with E-state index in [1.807, 2.05) is 24.3 Å². The van der Waals surface area contributed by atoms with E-state index < -0.39 is 5.97 Å². The molecule has 166 valence electrons. The van der Waals surface area contributed by atoms with E-state index in [2.05, 4.69) is 22.2 Å². The van der Waals surface area contributed by atoms with Crippen LogP contribution in [0.4, 0.5) is 5.69 Å². The number of carbonyl (C=O) groups is 2. The second-order valence-electron chi connectivity index (χ2n) is 7.21. The average Bonchev–Trinajstić information content (AvgIpc) is 2.80. The van der Waals surface area contributed by atoms with Crippen molar-refractivity contribution < 1.29 is 23.8 Å². The molecule has 0 spiro atoms. The fourth-order valence-electron chi connectivity index (χ4n) is 3.48. The summed E-state index contributed by atoms with van der Waals surface area (Å²) in [5.41, 5.74) is 1.34. The highest BCUT2D eigenvalue weighted by Crippen LogP contribution is 2.39. The number of amides is 1. The van der Waals surface area contributed by atoms with Gasteiger partial charge in [-0.15, -0.1) is 0 Å². The molecule has 31 heavy (non-hydrogen) atoms. The van der Waals surface area contributed by atoms with E-state index in [0.29, 0.717) is 23.9 Å². The van der Waals surface area contributed by atoms with Gasteiger partial charge in [-0.1, -0.05) is 35.5 Å². The second kappa shape index (κ2) is 11.0. The fourth-order valence-corrected chi connectivity index (χ4v) is 4.69. The minimum Gasteiger partial charge on any atom is -0.469 e. The molecule has 3 rings (SSSR count). The van der Waals surface area contributed by atoms with Crippen molar-refractivity contribution in [2.45, 2.75) is 41.1 Å². The Labute approximate surface area is 191 Å². The summed E-state index contributed by atoms with van der Waals surface area (Å²) in [6.07, 6.45) is 1.72. The summed E-state index contributed by atoms with van der Waals surface area (Å²) >= 11 is 7.96. The molecule has 1 N–H and O–H groups in total. The molecule has 0 unspecified atom stereocenters. The van der Waals surface area contributed by atoms with Crippen molar-refractivity contribution in [1.29, 1.82) is 0 Å². The molecule has 6 nitrogen and oxygen atoms in total. The lowest BCUT2D eigenvalue weighted by molar-refractivity contribution is -0.141. The monoisotopic (exact) mass is 463 g/mol.